The Morgan fingerprint density at radius 3 is 0.795 bits per heavy atom. The number of imidazole rings is 3. The lowest BCUT2D eigenvalue weighted by molar-refractivity contribution is 1.31. The van der Waals surface area contributed by atoms with Gasteiger partial charge in [-0.15, -0.1) is 0 Å². The minimum atomic E-state index is 1.01. The molecule has 0 atom stereocenters. The van der Waals surface area contributed by atoms with Crippen LogP contribution in [0.5, 0.6) is 0 Å². The van der Waals surface area contributed by atoms with E-state index in [1.165, 1.54) is 0 Å². The van der Waals surface area contributed by atoms with E-state index in [0.29, 0.717) is 0 Å². The van der Waals surface area contributed by atoms with Gasteiger partial charge in [0.15, 0.2) is 0 Å². The summed E-state index contributed by atoms with van der Waals surface area (Å²) < 4.78 is 0. The van der Waals surface area contributed by atoms with Gasteiger partial charge in [0.05, 0.1) is 54.7 Å². The maximum absolute atomic E-state index is 4.15. The Labute approximate surface area is 225 Å². The minimum absolute atomic E-state index is 1.01. The van der Waals surface area contributed by atoms with E-state index >= 15 is 0 Å². The van der Waals surface area contributed by atoms with Crippen LogP contribution < -0.4 is 0 Å². The molecule has 0 aliphatic carbocycles. The van der Waals surface area contributed by atoms with Crippen molar-refractivity contribution in [3.05, 3.63) is 129 Å². The summed E-state index contributed by atoms with van der Waals surface area (Å²) in [7, 11) is 0. The SMILES string of the molecule is c1ncc(-c2ccc(-c3cc(-c4ccc(-c5cnc[nH]5)cc4)cc(-c4ccc(-c5cnc[nH]5)cc4)c3)cc2)[nH]1. The van der Waals surface area contributed by atoms with Crippen molar-refractivity contribution in [1.82, 2.24) is 29.9 Å². The molecule has 0 bridgehead atoms. The standard InChI is InChI=1S/C33H24N6/c1-7-25(31-16-34-19-37-31)8-2-22(1)28-13-29(23-3-9-26(10-4-23)32-17-35-20-38-32)15-30(14-28)24-5-11-27(12-6-24)33-18-36-21-39-33/h1-21H,(H,34,37)(H,35,38)(H,36,39). The number of aromatic nitrogens is 6. The van der Waals surface area contributed by atoms with Crippen molar-refractivity contribution in [1.29, 1.82) is 0 Å². The molecule has 3 aromatic heterocycles. The molecule has 4 aromatic carbocycles. The van der Waals surface area contributed by atoms with E-state index < -0.39 is 0 Å². The van der Waals surface area contributed by atoms with Crippen molar-refractivity contribution in [2.75, 3.05) is 0 Å². The lowest BCUT2D eigenvalue weighted by Crippen LogP contribution is -1.87. The number of hydrogen-bond donors (Lipinski definition) is 3. The lowest BCUT2D eigenvalue weighted by Gasteiger charge is -2.12. The fraction of sp³-hybridized carbons (Fsp3) is 0. The molecule has 0 amide bonds. The lowest BCUT2D eigenvalue weighted by atomic mass is 9.92. The average molecular weight is 505 g/mol. The third kappa shape index (κ3) is 4.55. The summed E-state index contributed by atoms with van der Waals surface area (Å²) in [6.07, 6.45) is 10.6. The van der Waals surface area contributed by atoms with Crippen molar-refractivity contribution >= 4 is 0 Å². The molecule has 3 N–H and O–H groups in total. The van der Waals surface area contributed by atoms with Gasteiger partial charge in [0.25, 0.3) is 0 Å². The summed E-state index contributed by atoms with van der Waals surface area (Å²) in [5.74, 6) is 0. The Bertz CT molecular complexity index is 1570. The van der Waals surface area contributed by atoms with Crippen molar-refractivity contribution in [2.24, 2.45) is 0 Å². The number of benzene rings is 4. The summed E-state index contributed by atoms with van der Waals surface area (Å²) in [6.45, 7) is 0. The Morgan fingerprint density at radius 1 is 0.308 bits per heavy atom. The molecule has 3 heterocycles. The van der Waals surface area contributed by atoms with E-state index in [0.717, 1.165) is 67.2 Å². The summed E-state index contributed by atoms with van der Waals surface area (Å²) in [5.41, 5.74) is 13.3. The van der Waals surface area contributed by atoms with Gasteiger partial charge in [-0.3, -0.25) is 0 Å². The number of rotatable bonds is 6. The molecule has 0 unspecified atom stereocenters. The Kier molecular flexibility index (Phi) is 5.68. The predicted molar refractivity (Wildman–Crippen MR) is 155 cm³/mol. The zero-order valence-corrected chi connectivity index (χ0v) is 21.0. The maximum Gasteiger partial charge on any atom is 0.0924 e. The van der Waals surface area contributed by atoms with E-state index in [4.69, 9.17) is 0 Å². The normalized spacial score (nSPS) is 11.1. The van der Waals surface area contributed by atoms with Crippen LogP contribution >= 0.6 is 0 Å². The van der Waals surface area contributed by atoms with Crippen molar-refractivity contribution < 1.29 is 0 Å². The largest absolute Gasteiger partial charge is 0.345 e. The van der Waals surface area contributed by atoms with Crippen molar-refractivity contribution in [3.8, 4) is 67.2 Å². The highest BCUT2D eigenvalue weighted by atomic mass is 14.9. The fourth-order valence-corrected chi connectivity index (χ4v) is 4.90. The van der Waals surface area contributed by atoms with Crippen molar-refractivity contribution in [2.45, 2.75) is 0 Å². The topological polar surface area (TPSA) is 86.0 Å². The number of aromatic amines is 3. The first-order valence-electron chi connectivity index (χ1n) is 12.7. The summed E-state index contributed by atoms with van der Waals surface area (Å²) in [5, 5.41) is 0. The van der Waals surface area contributed by atoms with Gasteiger partial charge >= 0.3 is 0 Å². The minimum Gasteiger partial charge on any atom is -0.345 e. The number of hydrogen-bond acceptors (Lipinski definition) is 3. The van der Waals surface area contributed by atoms with Crippen LogP contribution in [0.25, 0.3) is 67.2 Å². The first-order valence-corrected chi connectivity index (χ1v) is 12.7. The molecule has 0 saturated heterocycles. The van der Waals surface area contributed by atoms with Crippen LogP contribution in [0.2, 0.25) is 0 Å². The first kappa shape index (κ1) is 22.7. The van der Waals surface area contributed by atoms with Crippen LogP contribution in [0.15, 0.2) is 129 Å². The molecule has 0 aliphatic rings. The van der Waals surface area contributed by atoms with Crippen LogP contribution in [0.1, 0.15) is 0 Å². The zero-order valence-electron chi connectivity index (χ0n) is 21.0. The van der Waals surface area contributed by atoms with E-state index in [1.807, 2.05) is 18.6 Å². The highest BCUT2D eigenvalue weighted by Gasteiger charge is 2.10. The molecule has 0 spiro atoms. The molecule has 6 nitrogen and oxygen atoms in total. The van der Waals surface area contributed by atoms with Gasteiger partial charge in [-0.1, -0.05) is 72.8 Å². The smallest absolute Gasteiger partial charge is 0.0924 e. The molecule has 186 valence electrons. The van der Waals surface area contributed by atoms with E-state index in [-0.39, 0.29) is 0 Å². The maximum atomic E-state index is 4.15. The molecular formula is C33H24N6. The highest BCUT2D eigenvalue weighted by molar-refractivity contribution is 5.83. The summed E-state index contributed by atoms with van der Waals surface area (Å²) in [6, 6.07) is 32.6. The predicted octanol–water partition coefficient (Wildman–Crippen LogP) is 7.86. The molecule has 7 rings (SSSR count). The second kappa shape index (κ2) is 9.76. The monoisotopic (exact) mass is 504 g/mol. The Morgan fingerprint density at radius 2 is 0.564 bits per heavy atom. The van der Waals surface area contributed by atoms with Crippen molar-refractivity contribution in [3.63, 3.8) is 0 Å². The highest BCUT2D eigenvalue weighted by Crippen LogP contribution is 2.35. The Hall–Kier alpha value is -5.49. The quantitative estimate of drug-likeness (QED) is 0.215. The van der Waals surface area contributed by atoms with E-state index in [9.17, 15) is 0 Å². The van der Waals surface area contributed by atoms with Gasteiger partial charge in [0.2, 0.25) is 0 Å². The van der Waals surface area contributed by atoms with Gasteiger partial charge < -0.3 is 15.0 Å². The van der Waals surface area contributed by atoms with Crippen LogP contribution in [-0.4, -0.2) is 29.9 Å². The van der Waals surface area contributed by atoms with E-state index in [1.54, 1.807) is 19.0 Å². The second-order valence-corrected chi connectivity index (χ2v) is 9.43. The van der Waals surface area contributed by atoms with Gasteiger partial charge in [0, 0.05) is 0 Å². The van der Waals surface area contributed by atoms with Gasteiger partial charge in [0.1, 0.15) is 0 Å². The van der Waals surface area contributed by atoms with Crippen LogP contribution in [-0.2, 0) is 0 Å². The number of nitrogens with one attached hydrogen (secondary N) is 3. The molecular weight excluding hydrogens is 480 g/mol. The van der Waals surface area contributed by atoms with Crippen LogP contribution in [0.4, 0.5) is 0 Å². The molecule has 39 heavy (non-hydrogen) atoms. The van der Waals surface area contributed by atoms with E-state index in [2.05, 4.69) is 121 Å². The number of nitrogens with zero attached hydrogens (tertiary/aromatic N) is 3. The zero-order chi connectivity index (χ0) is 26.0. The summed E-state index contributed by atoms with van der Waals surface area (Å²) >= 11 is 0. The fourth-order valence-electron chi connectivity index (χ4n) is 4.90. The molecule has 0 saturated carbocycles. The third-order valence-corrected chi connectivity index (χ3v) is 7.02. The molecule has 0 fully saturated rings. The Balaban J connectivity index is 1.30. The second-order valence-electron chi connectivity index (χ2n) is 9.43. The van der Waals surface area contributed by atoms with Gasteiger partial charge in [-0.25, -0.2) is 15.0 Å². The molecule has 0 radical (unpaired) electrons. The van der Waals surface area contributed by atoms with Crippen LogP contribution in [0.3, 0.4) is 0 Å². The van der Waals surface area contributed by atoms with Gasteiger partial charge in [-0.2, -0.15) is 0 Å². The van der Waals surface area contributed by atoms with Crippen LogP contribution in [0, 0.1) is 0 Å². The third-order valence-electron chi connectivity index (χ3n) is 7.02. The molecule has 7 aromatic rings. The number of H-pyrrole nitrogens is 3. The van der Waals surface area contributed by atoms with Gasteiger partial charge in [-0.05, 0) is 68.3 Å². The molecule has 6 heteroatoms. The molecule has 0 aliphatic heterocycles. The summed E-state index contributed by atoms with van der Waals surface area (Å²) in [4.78, 5) is 22.0. The first-order chi connectivity index (χ1) is 19.3. The average Bonchev–Trinajstić information content (AvgIpc) is 3.82.